The standard InChI is InChI=1S/C16H16ClIO/c17-14-7-4-9-16(12-14)19-15-8-3-6-13(11-15)5-1-2-10-18/h3-4,6-9,11-12H,1-2,5,10H2. The Kier molecular flexibility index (Phi) is 5.98. The molecule has 0 heterocycles. The lowest BCUT2D eigenvalue weighted by atomic mass is 10.1. The Morgan fingerprint density at radius 3 is 2.42 bits per heavy atom. The Labute approximate surface area is 133 Å². The third kappa shape index (κ3) is 5.03. The summed E-state index contributed by atoms with van der Waals surface area (Å²) >= 11 is 8.36. The zero-order chi connectivity index (χ0) is 13.5. The molecule has 0 bridgehead atoms. The van der Waals surface area contributed by atoms with Crippen molar-refractivity contribution in [2.24, 2.45) is 0 Å². The number of halogens is 2. The Morgan fingerprint density at radius 1 is 0.947 bits per heavy atom. The lowest BCUT2D eigenvalue weighted by Crippen LogP contribution is -1.89. The van der Waals surface area contributed by atoms with E-state index in [0.29, 0.717) is 5.02 Å². The van der Waals surface area contributed by atoms with Crippen LogP contribution in [0.4, 0.5) is 0 Å². The van der Waals surface area contributed by atoms with E-state index >= 15 is 0 Å². The lowest BCUT2D eigenvalue weighted by Gasteiger charge is -2.08. The molecule has 0 amide bonds. The number of hydrogen-bond acceptors (Lipinski definition) is 1. The quantitative estimate of drug-likeness (QED) is 0.342. The van der Waals surface area contributed by atoms with Gasteiger partial charge in [-0.25, -0.2) is 0 Å². The van der Waals surface area contributed by atoms with Crippen LogP contribution in [-0.4, -0.2) is 4.43 Å². The highest BCUT2D eigenvalue weighted by Gasteiger charge is 2.00. The Balaban J connectivity index is 2.02. The van der Waals surface area contributed by atoms with Gasteiger partial charge in [0.2, 0.25) is 0 Å². The van der Waals surface area contributed by atoms with Gasteiger partial charge in [0.1, 0.15) is 11.5 Å². The molecule has 1 nitrogen and oxygen atoms in total. The van der Waals surface area contributed by atoms with E-state index in [0.717, 1.165) is 17.9 Å². The van der Waals surface area contributed by atoms with E-state index in [1.807, 2.05) is 36.4 Å². The van der Waals surface area contributed by atoms with Crippen molar-refractivity contribution >= 4 is 34.2 Å². The van der Waals surface area contributed by atoms with Gasteiger partial charge >= 0.3 is 0 Å². The summed E-state index contributed by atoms with van der Waals surface area (Å²) in [5, 5.41) is 0.690. The molecule has 0 saturated carbocycles. The van der Waals surface area contributed by atoms with Gasteiger partial charge in [-0.2, -0.15) is 0 Å². The van der Waals surface area contributed by atoms with Gasteiger partial charge in [-0.15, -0.1) is 0 Å². The SMILES string of the molecule is Clc1cccc(Oc2cccc(CCCCI)c2)c1. The first-order chi connectivity index (χ1) is 9.28. The summed E-state index contributed by atoms with van der Waals surface area (Å²) in [5.41, 5.74) is 1.32. The van der Waals surface area contributed by atoms with Gasteiger partial charge < -0.3 is 4.74 Å². The van der Waals surface area contributed by atoms with Crippen molar-refractivity contribution in [3.05, 3.63) is 59.1 Å². The maximum atomic E-state index is 5.95. The van der Waals surface area contributed by atoms with Crippen LogP contribution in [0.3, 0.4) is 0 Å². The molecule has 0 saturated heterocycles. The number of aryl methyl sites for hydroxylation is 1. The fourth-order valence-corrected chi connectivity index (χ4v) is 2.57. The van der Waals surface area contributed by atoms with Crippen LogP contribution in [0.25, 0.3) is 0 Å². The van der Waals surface area contributed by atoms with Crippen molar-refractivity contribution in [2.75, 3.05) is 4.43 Å². The first-order valence-electron chi connectivity index (χ1n) is 6.36. The molecular weight excluding hydrogens is 371 g/mol. The molecule has 0 aliphatic rings. The molecular formula is C16H16ClIO. The van der Waals surface area contributed by atoms with E-state index in [2.05, 4.69) is 34.7 Å². The monoisotopic (exact) mass is 386 g/mol. The average Bonchev–Trinajstić information content (AvgIpc) is 2.39. The number of unbranched alkanes of at least 4 members (excludes halogenated alkanes) is 1. The van der Waals surface area contributed by atoms with E-state index in [1.54, 1.807) is 0 Å². The molecule has 0 aliphatic heterocycles. The van der Waals surface area contributed by atoms with Crippen molar-refractivity contribution in [1.29, 1.82) is 0 Å². The molecule has 0 aliphatic carbocycles. The molecule has 3 heteroatoms. The predicted octanol–water partition coefficient (Wildman–Crippen LogP) is 5.89. The number of ether oxygens (including phenoxy) is 1. The second-order valence-electron chi connectivity index (χ2n) is 4.35. The minimum absolute atomic E-state index is 0.690. The molecule has 100 valence electrons. The van der Waals surface area contributed by atoms with Crippen LogP contribution in [0.2, 0.25) is 5.02 Å². The lowest BCUT2D eigenvalue weighted by molar-refractivity contribution is 0.482. The molecule has 19 heavy (non-hydrogen) atoms. The van der Waals surface area contributed by atoms with Gasteiger partial charge in [-0.1, -0.05) is 52.4 Å². The first kappa shape index (κ1) is 14.7. The van der Waals surface area contributed by atoms with Crippen molar-refractivity contribution in [1.82, 2.24) is 0 Å². The summed E-state index contributed by atoms with van der Waals surface area (Å²) in [4.78, 5) is 0. The summed E-state index contributed by atoms with van der Waals surface area (Å²) in [5.74, 6) is 1.64. The van der Waals surface area contributed by atoms with Crippen molar-refractivity contribution in [2.45, 2.75) is 19.3 Å². The fourth-order valence-electron chi connectivity index (χ4n) is 1.85. The summed E-state index contributed by atoms with van der Waals surface area (Å²) in [6.07, 6.45) is 3.60. The summed E-state index contributed by atoms with van der Waals surface area (Å²) in [7, 11) is 0. The molecule has 0 radical (unpaired) electrons. The van der Waals surface area contributed by atoms with Crippen LogP contribution in [0.5, 0.6) is 11.5 Å². The van der Waals surface area contributed by atoms with Crippen LogP contribution >= 0.6 is 34.2 Å². The maximum Gasteiger partial charge on any atom is 0.128 e. The minimum Gasteiger partial charge on any atom is -0.457 e. The second kappa shape index (κ2) is 7.75. The Bertz CT molecular complexity index is 528. The van der Waals surface area contributed by atoms with Crippen LogP contribution in [0.1, 0.15) is 18.4 Å². The molecule has 0 atom stereocenters. The summed E-state index contributed by atoms with van der Waals surface area (Å²) < 4.78 is 7.04. The van der Waals surface area contributed by atoms with Crippen molar-refractivity contribution in [3.8, 4) is 11.5 Å². The normalized spacial score (nSPS) is 10.4. The van der Waals surface area contributed by atoms with Crippen molar-refractivity contribution in [3.63, 3.8) is 0 Å². The van der Waals surface area contributed by atoms with Gasteiger partial charge in [0, 0.05) is 5.02 Å². The molecule has 2 rings (SSSR count). The number of benzene rings is 2. The largest absolute Gasteiger partial charge is 0.457 e. The third-order valence-electron chi connectivity index (χ3n) is 2.78. The second-order valence-corrected chi connectivity index (χ2v) is 5.87. The molecule has 0 unspecified atom stereocenters. The number of hydrogen-bond donors (Lipinski definition) is 0. The number of alkyl halides is 1. The Hall–Kier alpha value is -0.740. The zero-order valence-corrected chi connectivity index (χ0v) is 13.5. The molecule has 0 spiro atoms. The van der Waals surface area contributed by atoms with Crippen LogP contribution in [0, 0.1) is 0 Å². The molecule has 0 N–H and O–H groups in total. The van der Waals surface area contributed by atoms with Gasteiger partial charge in [0.05, 0.1) is 0 Å². The van der Waals surface area contributed by atoms with Gasteiger partial charge in [-0.05, 0) is 59.6 Å². The van der Waals surface area contributed by atoms with Gasteiger partial charge in [-0.3, -0.25) is 0 Å². The first-order valence-corrected chi connectivity index (χ1v) is 8.26. The molecule has 0 aromatic heterocycles. The summed E-state index contributed by atoms with van der Waals surface area (Å²) in [6, 6.07) is 15.7. The van der Waals surface area contributed by atoms with Crippen LogP contribution < -0.4 is 4.74 Å². The highest BCUT2D eigenvalue weighted by molar-refractivity contribution is 14.1. The molecule has 2 aromatic rings. The van der Waals surface area contributed by atoms with Crippen LogP contribution in [-0.2, 0) is 6.42 Å². The highest BCUT2D eigenvalue weighted by atomic mass is 127. The topological polar surface area (TPSA) is 9.23 Å². The van der Waals surface area contributed by atoms with Gasteiger partial charge in [0.25, 0.3) is 0 Å². The van der Waals surface area contributed by atoms with Gasteiger partial charge in [0.15, 0.2) is 0 Å². The molecule has 2 aromatic carbocycles. The van der Waals surface area contributed by atoms with E-state index in [9.17, 15) is 0 Å². The fraction of sp³-hybridized carbons (Fsp3) is 0.250. The van der Waals surface area contributed by atoms with Crippen LogP contribution in [0.15, 0.2) is 48.5 Å². The van der Waals surface area contributed by atoms with E-state index in [-0.39, 0.29) is 0 Å². The summed E-state index contributed by atoms with van der Waals surface area (Å²) in [6.45, 7) is 0. The molecule has 0 fully saturated rings. The smallest absolute Gasteiger partial charge is 0.128 e. The van der Waals surface area contributed by atoms with Crippen molar-refractivity contribution < 1.29 is 4.74 Å². The number of rotatable bonds is 6. The van der Waals surface area contributed by atoms with E-state index in [1.165, 1.54) is 22.8 Å². The third-order valence-corrected chi connectivity index (χ3v) is 3.78. The highest BCUT2D eigenvalue weighted by Crippen LogP contribution is 2.25. The van der Waals surface area contributed by atoms with E-state index in [4.69, 9.17) is 16.3 Å². The maximum absolute atomic E-state index is 5.95. The minimum atomic E-state index is 0.690. The average molecular weight is 387 g/mol. The zero-order valence-electron chi connectivity index (χ0n) is 10.6. The van der Waals surface area contributed by atoms with E-state index < -0.39 is 0 Å². The Morgan fingerprint density at radius 2 is 1.68 bits per heavy atom. The predicted molar refractivity (Wildman–Crippen MR) is 89.8 cm³/mol.